The molecule has 164 valence electrons. The Balaban J connectivity index is 1.22. The zero-order valence-corrected chi connectivity index (χ0v) is 17.6. The van der Waals surface area contributed by atoms with Gasteiger partial charge in [-0.1, -0.05) is 11.6 Å². The van der Waals surface area contributed by atoms with Crippen LogP contribution in [0.5, 0.6) is 0 Å². The minimum Gasteiger partial charge on any atom is -0.384 e. The van der Waals surface area contributed by atoms with Crippen molar-refractivity contribution in [2.45, 2.75) is 12.6 Å². The Morgan fingerprint density at radius 3 is 2.52 bits per heavy atom. The second kappa shape index (κ2) is 9.28. The Morgan fingerprint density at radius 2 is 1.81 bits per heavy atom. The third-order valence-corrected chi connectivity index (χ3v) is 5.68. The van der Waals surface area contributed by atoms with Crippen molar-refractivity contribution in [1.82, 2.24) is 14.9 Å². The number of rotatable bonds is 6. The molecular weight excluding hydrogens is 427 g/mol. The first-order chi connectivity index (χ1) is 14.9. The van der Waals surface area contributed by atoms with Gasteiger partial charge in [-0.2, -0.15) is 13.2 Å². The highest BCUT2D eigenvalue weighted by Gasteiger charge is 2.31. The number of nitrogens with zero attached hydrogens (tertiary/aromatic N) is 4. The Hall–Kier alpha value is -2.58. The van der Waals surface area contributed by atoms with Crippen LogP contribution in [0.4, 0.5) is 24.7 Å². The molecule has 1 N–H and O–H groups in total. The molecule has 0 radical (unpaired) electrons. The fourth-order valence-electron chi connectivity index (χ4n) is 3.74. The van der Waals surface area contributed by atoms with Crippen LogP contribution in [0.15, 0.2) is 48.8 Å². The minimum absolute atomic E-state index is 0.596. The lowest BCUT2D eigenvalue weighted by Gasteiger charge is -2.35. The van der Waals surface area contributed by atoms with E-state index in [1.807, 2.05) is 29.2 Å². The van der Waals surface area contributed by atoms with Gasteiger partial charge in [0, 0.05) is 61.2 Å². The highest BCUT2D eigenvalue weighted by molar-refractivity contribution is 6.31. The number of hydrogen-bond acceptors (Lipinski definition) is 5. The molecule has 1 fully saturated rings. The van der Waals surface area contributed by atoms with Crippen molar-refractivity contribution < 1.29 is 13.2 Å². The van der Waals surface area contributed by atoms with Gasteiger partial charge in [-0.15, -0.1) is 0 Å². The smallest absolute Gasteiger partial charge is 0.384 e. The van der Waals surface area contributed by atoms with Gasteiger partial charge >= 0.3 is 6.18 Å². The first-order valence-electron chi connectivity index (χ1n) is 10.2. The van der Waals surface area contributed by atoms with E-state index in [1.54, 1.807) is 6.20 Å². The summed E-state index contributed by atoms with van der Waals surface area (Å²) >= 11 is 6.04. The fraction of sp³-hybridized carbons (Fsp3) is 0.364. The van der Waals surface area contributed by atoms with E-state index in [9.17, 15) is 13.2 Å². The molecule has 3 aromatic rings. The molecule has 0 saturated carbocycles. The quantitative estimate of drug-likeness (QED) is 0.541. The number of halogens is 4. The summed E-state index contributed by atoms with van der Waals surface area (Å²) in [5.74, 6) is 0.596. The SMILES string of the molecule is FC(F)(F)c1ccc(N2CCN(CCCNc3ccnc4cc(Cl)ccc34)CC2)nc1. The molecule has 1 aromatic carbocycles. The predicted octanol–water partition coefficient (Wildman–Crippen LogP) is 4.93. The molecule has 2 aromatic heterocycles. The van der Waals surface area contributed by atoms with Crippen molar-refractivity contribution >= 4 is 34.0 Å². The van der Waals surface area contributed by atoms with Gasteiger partial charge in [0.15, 0.2) is 0 Å². The fourth-order valence-corrected chi connectivity index (χ4v) is 3.91. The molecule has 31 heavy (non-hydrogen) atoms. The van der Waals surface area contributed by atoms with Crippen LogP contribution in [-0.2, 0) is 6.18 Å². The molecule has 0 amide bonds. The van der Waals surface area contributed by atoms with Crippen LogP contribution in [0.3, 0.4) is 0 Å². The van der Waals surface area contributed by atoms with Crippen molar-refractivity contribution in [1.29, 1.82) is 0 Å². The molecule has 0 spiro atoms. The Bertz CT molecular complexity index is 1020. The average Bonchev–Trinajstić information content (AvgIpc) is 2.76. The van der Waals surface area contributed by atoms with Crippen LogP contribution < -0.4 is 10.2 Å². The number of piperazine rings is 1. The molecule has 1 aliphatic rings. The van der Waals surface area contributed by atoms with Crippen LogP contribution in [0.2, 0.25) is 5.02 Å². The molecule has 9 heteroatoms. The molecule has 0 bridgehead atoms. The first-order valence-corrected chi connectivity index (χ1v) is 10.6. The predicted molar refractivity (Wildman–Crippen MR) is 118 cm³/mol. The van der Waals surface area contributed by atoms with Crippen molar-refractivity contribution in [3.05, 3.63) is 59.4 Å². The largest absolute Gasteiger partial charge is 0.417 e. The topological polar surface area (TPSA) is 44.3 Å². The zero-order valence-electron chi connectivity index (χ0n) is 16.9. The van der Waals surface area contributed by atoms with Gasteiger partial charge in [-0.3, -0.25) is 9.88 Å². The van der Waals surface area contributed by atoms with Gasteiger partial charge < -0.3 is 10.2 Å². The summed E-state index contributed by atoms with van der Waals surface area (Å²) in [6.07, 6.45) is -0.691. The molecule has 5 nitrogen and oxygen atoms in total. The van der Waals surface area contributed by atoms with E-state index in [2.05, 4.69) is 20.2 Å². The molecule has 1 aliphatic heterocycles. The minimum atomic E-state index is -4.35. The first kappa shape index (κ1) is 21.6. The van der Waals surface area contributed by atoms with E-state index < -0.39 is 11.7 Å². The van der Waals surface area contributed by atoms with E-state index >= 15 is 0 Å². The Morgan fingerprint density at radius 1 is 1.00 bits per heavy atom. The third-order valence-electron chi connectivity index (χ3n) is 5.44. The lowest BCUT2D eigenvalue weighted by molar-refractivity contribution is -0.137. The van der Waals surface area contributed by atoms with Crippen LogP contribution in [0.25, 0.3) is 10.9 Å². The van der Waals surface area contributed by atoms with Gasteiger partial charge in [0.1, 0.15) is 5.82 Å². The van der Waals surface area contributed by atoms with E-state index in [0.29, 0.717) is 10.8 Å². The molecule has 3 heterocycles. The number of hydrogen-bond donors (Lipinski definition) is 1. The number of alkyl halides is 3. The summed E-state index contributed by atoms with van der Waals surface area (Å²) in [5.41, 5.74) is 1.19. The zero-order chi connectivity index (χ0) is 21.8. The molecule has 0 aliphatic carbocycles. The van der Waals surface area contributed by atoms with E-state index in [0.717, 1.165) is 74.5 Å². The number of aromatic nitrogens is 2. The van der Waals surface area contributed by atoms with Crippen molar-refractivity contribution in [2.75, 3.05) is 49.5 Å². The normalized spacial score (nSPS) is 15.4. The van der Waals surface area contributed by atoms with E-state index in [4.69, 9.17) is 11.6 Å². The second-order valence-electron chi connectivity index (χ2n) is 7.53. The van der Waals surface area contributed by atoms with E-state index in [1.165, 1.54) is 6.07 Å². The van der Waals surface area contributed by atoms with Gasteiger partial charge in [-0.25, -0.2) is 4.98 Å². The van der Waals surface area contributed by atoms with Crippen LogP contribution in [-0.4, -0.2) is 54.1 Å². The molecule has 4 rings (SSSR count). The summed E-state index contributed by atoms with van der Waals surface area (Å²) in [6.45, 7) is 5.01. The van der Waals surface area contributed by atoms with Crippen LogP contribution in [0.1, 0.15) is 12.0 Å². The van der Waals surface area contributed by atoms with Gasteiger partial charge in [0.05, 0.1) is 11.1 Å². The van der Waals surface area contributed by atoms with Crippen LogP contribution >= 0.6 is 11.6 Å². The van der Waals surface area contributed by atoms with Gasteiger partial charge in [-0.05, 0) is 49.4 Å². The molecule has 0 atom stereocenters. The summed E-state index contributed by atoms with van der Waals surface area (Å²) in [6, 6.07) is 10.2. The maximum absolute atomic E-state index is 12.7. The van der Waals surface area contributed by atoms with E-state index in [-0.39, 0.29) is 0 Å². The monoisotopic (exact) mass is 449 g/mol. The number of nitrogens with one attached hydrogen (secondary N) is 1. The lowest BCUT2D eigenvalue weighted by atomic mass is 10.2. The number of benzene rings is 1. The highest BCUT2D eigenvalue weighted by Crippen LogP contribution is 2.29. The maximum atomic E-state index is 12.7. The highest BCUT2D eigenvalue weighted by atomic mass is 35.5. The van der Waals surface area contributed by atoms with Crippen molar-refractivity contribution in [3.8, 4) is 0 Å². The summed E-state index contributed by atoms with van der Waals surface area (Å²) in [5, 5.41) is 5.19. The van der Waals surface area contributed by atoms with Gasteiger partial charge in [0.2, 0.25) is 0 Å². The molecular formula is C22H23ClF3N5. The Kier molecular flexibility index (Phi) is 6.48. The summed E-state index contributed by atoms with van der Waals surface area (Å²) in [4.78, 5) is 12.8. The number of fused-ring (bicyclic) bond motifs is 1. The van der Waals surface area contributed by atoms with Crippen molar-refractivity contribution in [2.24, 2.45) is 0 Å². The van der Waals surface area contributed by atoms with Gasteiger partial charge in [0.25, 0.3) is 0 Å². The summed E-state index contributed by atoms with van der Waals surface area (Å²) in [7, 11) is 0. The lowest BCUT2D eigenvalue weighted by Crippen LogP contribution is -2.47. The standard InChI is InChI=1S/C22H23ClF3N5/c23-17-3-4-18-19(6-8-28-20(18)14-17)27-7-1-9-30-10-12-31(13-11-30)21-5-2-16(15-29-21)22(24,25)26/h2-6,8,14-15H,1,7,9-13H2,(H,27,28). The third kappa shape index (κ3) is 5.37. The Labute approximate surface area is 183 Å². The second-order valence-corrected chi connectivity index (χ2v) is 7.97. The number of anilines is 2. The molecule has 1 saturated heterocycles. The maximum Gasteiger partial charge on any atom is 0.417 e. The average molecular weight is 450 g/mol. The molecule has 0 unspecified atom stereocenters. The summed E-state index contributed by atoms with van der Waals surface area (Å²) < 4.78 is 38.1. The van der Waals surface area contributed by atoms with Crippen LogP contribution in [0, 0.1) is 0 Å². The van der Waals surface area contributed by atoms with Crippen molar-refractivity contribution in [3.63, 3.8) is 0 Å². The number of pyridine rings is 2.